The molecule has 0 aliphatic carbocycles. The number of nitrogens with one attached hydrogen (secondary N) is 4. The maximum Gasteiger partial charge on any atom is 0.280 e. The molecular formula is C14H20F2N6O3. The lowest BCUT2D eigenvalue weighted by atomic mass is 10.2. The second-order valence-corrected chi connectivity index (χ2v) is 5.74. The van der Waals surface area contributed by atoms with E-state index in [-0.39, 0.29) is 37.0 Å². The normalized spacial score (nSPS) is 16.4. The number of aromatic amines is 1. The van der Waals surface area contributed by atoms with Gasteiger partial charge in [-0.3, -0.25) is 24.4 Å². The van der Waals surface area contributed by atoms with Crippen molar-refractivity contribution in [2.75, 3.05) is 32.7 Å². The van der Waals surface area contributed by atoms with Gasteiger partial charge >= 0.3 is 0 Å². The van der Waals surface area contributed by atoms with Crippen molar-refractivity contribution in [1.82, 2.24) is 31.0 Å². The Kier molecular flexibility index (Phi) is 6.39. The number of hydrogen-bond acceptors (Lipinski definition) is 5. The third-order valence-electron chi connectivity index (χ3n) is 3.59. The molecule has 2 heterocycles. The van der Waals surface area contributed by atoms with Crippen LogP contribution in [-0.2, 0) is 9.59 Å². The highest BCUT2D eigenvalue weighted by Gasteiger charge is 2.22. The summed E-state index contributed by atoms with van der Waals surface area (Å²) in [5.41, 5.74) is -0.773. The van der Waals surface area contributed by atoms with Crippen LogP contribution >= 0.6 is 0 Å². The largest absolute Gasteiger partial charge is 0.354 e. The summed E-state index contributed by atoms with van der Waals surface area (Å²) in [5, 5.41) is 13.3. The van der Waals surface area contributed by atoms with Gasteiger partial charge in [-0.25, -0.2) is 8.78 Å². The Balaban J connectivity index is 1.75. The Morgan fingerprint density at radius 2 is 2.20 bits per heavy atom. The monoisotopic (exact) mass is 358 g/mol. The molecule has 1 aromatic heterocycles. The quantitative estimate of drug-likeness (QED) is 0.499. The van der Waals surface area contributed by atoms with Gasteiger partial charge in [0.25, 0.3) is 12.3 Å². The third-order valence-corrected chi connectivity index (χ3v) is 3.59. The minimum atomic E-state index is -2.83. The Labute approximate surface area is 142 Å². The van der Waals surface area contributed by atoms with E-state index in [1.807, 2.05) is 0 Å². The fourth-order valence-electron chi connectivity index (χ4n) is 2.39. The highest BCUT2D eigenvalue weighted by molar-refractivity contribution is 5.95. The van der Waals surface area contributed by atoms with Gasteiger partial charge in [-0.05, 0) is 6.92 Å². The third kappa shape index (κ3) is 5.48. The maximum absolute atomic E-state index is 12.7. The van der Waals surface area contributed by atoms with Crippen molar-refractivity contribution in [2.45, 2.75) is 19.4 Å². The summed E-state index contributed by atoms with van der Waals surface area (Å²) < 4.78 is 25.4. The molecule has 2 rings (SSSR count). The van der Waals surface area contributed by atoms with Gasteiger partial charge in [0.05, 0.1) is 24.8 Å². The number of piperazine rings is 1. The van der Waals surface area contributed by atoms with E-state index in [1.54, 1.807) is 11.8 Å². The molecule has 4 N–H and O–H groups in total. The molecule has 0 saturated carbocycles. The first-order valence-corrected chi connectivity index (χ1v) is 7.75. The second kappa shape index (κ2) is 8.51. The molecule has 1 aromatic rings. The lowest BCUT2D eigenvalue weighted by molar-refractivity contribution is -0.127. The standard InChI is InChI=1S/C14H20F2N6O3/c1-8(20-11(24)7-22-3-2-17-10(23)6-22)4-18-14(25)9-5-19-21-12(9)13(15)16/h5,8,13H,2-4,6-7H2,1H3,(H,17,23)(H,18,25)(H,19,21)(H,20,24). The van der Waals surface area contributed by atoms with Crippen LogP contribution in [0.4, 0.5) is 8.78 Å². The summed E-state index contributed by atoms with van der Waals surface area (Å²) in [6.45, 7) is 3.05. The molecule has 1 saturated heterocycles. The van der Waals surface area contributed by atoms with E-state index in [0.717, 1.165) is 6.20 Å². The second-order valence-electron chi connectivity index (χ2n) is 5.74. The van der Waals surface area contributed by atoms with Crippen molar-refractivity contribution in [2.24, 2.45) is 0 Å². The molecule has 1 aliphatic rings. The van der Waals surface area contributed by atoms with Gasteiger partial charge in [0.2, 0.25) is 11.8 Å². The van der Waals surface area contributed by atoms with Crippen LogP contribution in [0.5, 0.6) is 0 Å². The molecule has 0 spiro atoms. The van der Waals surface area contributed by atoms with Crippen molar-refractivity contribution in [3.8, 4) is 0 Å². The van der Waals surface area contributed by atoms with Gasteiger partial charge in [-0.15, -0.1) is 0 Å². The number of rotatable bonds is 7. The summed E-state index contributed by atoms with van der Waals surface area (Å²) in [7, 11) is 0. The average molecular weight is 358 g/mol. The number of H-pyrrole nitrogens is 1. The fraction of sp³-hybridized carbons (Fsp3) is 0.571. The molecule has 1 aliphatic heterocycles. The topological polar surface area (TPSA) is 119 Å². The van der Waals surface area contributed by atoms with Crippen LogP contribution in [-0.4, -0.2) is 71.6 Å². The predicted molar refractivity (Wildman–Crippen MR) is 82.9 cm³/mol. The Bertz CT molecular complexity index is 636. The first-order chi connectivity index (χ1) is 11.9. The lowest BCUT2D eigenvalue weighted by Crippen LogP contribution is -2.52. The minimum absolute atomic E-state index is 0.0684. The summed E-state index contributed by atoms with van der Waals surface area (Å²) >= 11 is 0. The molecule has 25 heavy (non-hydrogen) atoms. The molecule has 11 heteroatoms. The smallest absolute Gasteiger partial charge is 0.280 e. The van der Waals surface area contributed by atoms with Crippen LogP contribution in [0.3, 0.4) is 0 Å². The van der Waals surface area contributed by atoms with Crippen LogP contribution in [0.15, 0.2) is 6.20 Å². The average Bonchev–Trinajstić information content (AvgIpc) is 3.02. The Hall–Kier alpha value is -2.56. The zero-order valence-electron chi connectivity index (χ0n) is 13.6. The van der Waals surface area contributed by atoms with Gasteiger partial charge < -0.3 is 16.0 Å². The van der Waals surface area contributed by atoms with Gasteiger partial charge in [-0.2, -0.15) is 5.10 Å². The molecule has 138 valence electrons. The van der Waals surface area contributed by atoms with Crippen LogP contribution < -0.4 is 16.0 Å². The van der Waals surface area contributed by atoms with Gasteiger partial charge in [0, 0.05) is 25.7 Å². The number of alkyl halides is 2. The van der Waals surface area contributed by atoms with E-state index in [2.05, 4.69) is 26.1 Å². The van der Waals surface area contributed by atoms with Gasteiger partial charge in [0.1, 0.15) is 5.69 Å². The first kappa shape index (κ1) is 18.8. The number of hydrogen-bond donors (Lipinski definition) is 4. The van der Waals surface area contributed by atoms with Gasteiger partial charge in [-0.1, -0.05) is 0 Å². The molecule has 1 unspecified atom stereocenters. The van der Waals surface area contributed by atoms with E-state index in [0.29, 0.717) is 13.1 Å². The summed E-state index contributed by atoms with van der Waals surface area (Å²) in [4.78, 5) is 36.8. The molecule has 0 aromatic carbocycles. The highest BCUT2D eigenvalue weighted by Crippen LogP contribution is 2.19. The Morgan fingerprint density at radius 1 is 1.44 bits per heavy atom. The van der Waals surface area contributed by atoms with Crippen molar-refractivity contribution in [3.63, 3.8) is 0 Å². The summed E-state index contributed by atoms with van der Waals surface area (Å²) in [6, 6.07) is -0.406. The van der Waals surface area contributed by atoms with Crippen molar-refractivity contribution < 1.29 is 23.2 Å². The lowest BCUT2D eigenvalue weighted by Gasteiger charge is -2.26. The minimum Gasteiger partial charge on any atom is -0.354 e. The number of aromatic nitrogens is 2. The van der Waals surface area contributed by atoms with E-state index in [9.17, 15) is 23.2 Å². The first-order valence-electron chi connectivity index (χ1n) is 7.75. The number of carbonyl (C=O) groups is 3. The van der Waals surface area contributed by atoms with Crippen molar-refractivity contribution in [1.29, 1.82) is 0 Å². The summed E-state index contributed by atoms with van der Waals surface area (Å²) in [6.07, 6.45) is -1.80. The highest BCUT2D eigenvalue weighted by atomic mass is 19.3. The fourth-order valence-corrected chi connectivity index (χ4v) is 2.39. The molecule has 0 bridgehead atoms. The zero-order valence-corrected chi connectivity index (χ0v) is 13.6. The summed E-state index contributed by atoms with van der Waals surface area (Å²) in [5.74, 6) is -1.11. The molecule has 1 fully saturated rings. The van der Waals surface area contributed by atoms with Gasteiger partial charge in [0.15, 0.2) is 0 Å². The van der Waals surface area contributed by atoms with E-state index < -0.39 is 24.1 Å². The van der Waals surface area contributed by atoms with Crippen molar-refractivity contribution >= 4 is 17.7 Å². The molecule has 9 nitrogen and oxygen atoms in total. The van der Waals surface area contributed by atoms with E-state index in [1.165, 1.54) is 0 Å². The van der Waals surface area contributed by atoms with Crippen LogP contribution in [0.25, 0.3) is 0 Å². The number of amides is 3. The molecule has 1 atom stereocenters. The predicted octanol–water partition coefficient (Wildman–Crippen LogP) is -0.986. The number of halogens is 2. The molecule has 0 radical (unpaired) electrons. The SMILES string of the molecule is CC(CNC(=O)c1cn[nH]c1C(F)F)NC(=O)CN1CCNC(=O)C1. The number of nitrogens with zero attached hydrogens (tertiary/aromatic N) is 2. The molecular weight excluding hydrogens is 338 g/mol. The maximum atomic E-state index is 12.7. The Morgan fingerprint density at radius 3 is 2.88 bits per heavy atom. The van der Waals surface area contributed by atoms with E-state index in [4.69, 9.17) is 0 Å². The number of carbonyl (C=O) groups excluding carboxylic acids is 3. The zero-order chi connectivity index (χ0) is 18.4. The van der Waals surface area contributed by atoms with Crippen LogP contribution in [0.2, 0.25) is 0 Å². The van der Waals surface area contributed by atoms with Crippen LogP contribution in [0, 0.1) is 0 Å². The molecule has 3 amide bonds. The van der Waals surface area contributed by atoms with Crippen LogP contribution in [0.1, 0.15) is 29.4 Å². The van der Waals surface area contributed by atoms with Crippen molar-refractivity contribution in [3.05, 3.63) is 17.5 Å². The van der Waals surface area contributed by atoms with E-state index >= 15 is 0 Å².